The van der Waals surface area contributed by atoms with Crippen LogP contribution in [-0.2, 0) is 15.9 Å². The Bertz CT molecular complexity index is 778. The number of ether oxygens (including phenoxy) is 2. The molecule has 2 heterocycles. The summed E-state index contributed by atoms with van der Waals surface area (Å²) < 4.78 is 29.2. The number of nitrogens with one attached hydrogen (secondary N) is 1. The molecular weight excluding hydrogens is 375 g/mol. The molecule has 158 valence electrons. The Hall–Kier alpha value is -2.45. The van der Waals surface area contributed by atoms with Crippen molar-refractivity contribution in [1.29, 1.82) is 0 Å². The zero-order valence-corrected chi connectivity index (χ0v) is 17.1. The molecule has 1 aromatic heterocycles. The number of aliphatic imine (C=N–C) groups is 1. The monoisotopic (exact) mass is 404 g/mol. The zero-order valence-electron chi connectivity index (χ0n) is 17.1. The largest absolute Gasteiger partial charge is 0.444 e. The molecule has 8 heteroatoms. The predicted octanol–water partition coefficient (Wildman–Crippen LogP) is 2.58. The zero-order chi connectivity index (χ0) is 20.5. The molecule has 2 aromatic rings. The van der Waals surface area contributed by atoms with Crippen molar-refractivity contribution in [2.24, 2.45) is 10.9 Å². The van der Waals surface area contributed by atoms with E-state index in [0.29, 0.717) is 38.0 Å². The fraction of sp³-hybridized carbons (Fsp3) is 0.524. The van der Waals surface area contributed by atoms with Crippen LogP contribution in [0.1, 0.15) is 12.1 Å². The van der Waals surface area contributed by atoms with E-state index in [2.05, 4.69) is 20.2 Å². The smallest absolute Gasteiger partial charge is 0.226 e. The van der Waals surface area contributed by atoms with E-state index in [1.54, 1.807) is 32.6 Å². The van der Waals surface area contributed by atoms with Crippen LogP contribution in [0, 0.1) is 11.7 Å². The van der Waals surface area contributed by atoms with E-state index in [1.165, 1.54) is 12.1 Å². The lowest BCUT2D eigenvalue weighted by atomic mass is 10.1. The summed E-state index contributed by atoms with van der Waals surface area (Å²) in [4.78, 5) is 11.1. The Kier molecular flexibility index (Phi) is 8.01. The minimum atomic E-state index is -0.276. The highest BCUT2D eigenvalue weighted by Gasteiger charge is 2.24. The lowest BCUT2D eigenvalue weighted by Gasteiger charge is -2.21. The van der Waals surface area contributed by atoms with Crippen LogP contribution in [0.3, 0.4) is 0 Å². The van der Waals surface area contributed by atoms with Crippen molar-refractivity contribution in [3.05, 3.63) is 42.0 Å². The number of guanidine groups is 1. The first kappa shape index (κ1) is 21.3. The van der Waals surface area contributed by atoms with Crippen LogP contribution in [0.5, 0.6) is 0 Å². The van der Waals surface area contributed by atoms with E-state index in [-0.39, 0.29) is 5.82 Å². The first-order valence-corrected chi connectivity index (χ1v) is 9.92. The third-order valence-electron chi connectivity index (χ3n) is 4.89. The summed E-state index contributed by atoms with van der Waals surface area (Å²) in [5, 5.41) is 3.40. The van der Waals surface area contributed by atoms with Crippen LogP contribution in [0.2, 0.25) is 0 Å². The molecule has 1 fully saturated rings. The fourth-order valence-corrected chi connectivity index (χ4v) is 3.33. The third kappa shape index (κ3) is 6.27. The van der Waals surface area contributed by atoms with Crippen molar-refractivity contribution in [2.75, 3.05) is 53.6 Å². The van der Waals surface area contributed by atoms with Gasteiger partial charge in [0.15, 0.2) is 5.96 Å². The second-order valence-electron chi connectivity index (χ2n) is 7.04. The van der Waals surface area contributed by atoms with Crippen molar-refractivity contribution in [1.82, 2.24) is 15.2 Å². The Morgan fingerprint density at radius 2 is 2.17 bits per heavy atom. The predicted molar refractivity (Wildman–Crippen MR) is 109 cm³/mol. The lowest BCUT2D eigenvalue weighted by Crippen LogP contribution is -2.41. The molecule has 29 heavy (non-hydrogen) atoms. The van der Waals surface area contributed by atoms with E-state index < -0.39 is 0 Å². The van der Waals surface area contributed by atoms with E-state index in [9.17, 15) is 4.39 Å². The van der Waals surface area contributed by atoms with Crippen LogP contribution < -0.4 is 5.32 Å². The quantitative estimate of drug-likeness (QED) is 0.394. The maximum absolute atomic E-state index is 13.0. The fourth-order valence-electron chi connectivity index (χ4n) is 3.33. The van der Waals surface area contributed by atoms with Gasteiger partial charge in [-0.15, -0.1) is 0 Å². The third-order valence-corrected chi connectivity index (χ3v) is 4.89. The van der Waals surface area contributed by atoms with Gasteiger partial charge in [0.1, 0.15) is 12.1 Å². The maximum Gasteiger partial charge on any atom is 0.226 e. The minimum absolute atomic E-state index is 0.276. The summed E-state index contributed by atoms with van der Waals surface area (Å²) in [5.74, 6) is 1.63. The number of aromatic nitrogens is 1. The first-order valence-electron chi connectivity index (χ1n) is 9.92. The number of halogens is 1. The molecule has 1 aliphatic rings. The molecule has 1 N–H and O–H groups in total. The van der Waals surface area contributed by atoms with E-state index >= 15 is 0 Å². The topological polar surface area (TPSA) is 72.1 Å². The number of hydrogen-bond acceptors (Lipinski definition) is 5. The average molecular weight is 404 g/mol. The van der Waals surface area contributed by atoms with Gasteiger partial charge in [-0.3, -0.25) is 4.99 Å². The van der Waals surface area contributed by atoms with Gasteiger partial charge in [0.25, 0.3) is 0 Å². The molecular formula is C21H29FN4O3. The lowest BCUT2D eigenvalue weighted by molar-refractivity contribution is 0.0536. The van der Waals surface area contributed by atoms with Gasteiger partial charge in [-0.25, -0.2) is 9.37 Å². The summed E-state index contributed by atoms with van der Waals surface area (Å²) in [6.07, 6.45) is 3.45. The van der Waals surface area contributed by atoms with Crippen LogP contribution in [0.15, 0.2) is 39.9 Å². The minimum Gasteiger partial charge on any atom is -0.444 e. The summed E-state index contributed by atoms with van der Waals surface area (Å²) in [6.45, 7) is 4.62. The SMILES string of the molecule is CN=C(NCCc1coc(-c2ccc(F)cc2)n1)N1CCC(COCCOC)C1. The highest BCUT2D eigenvalue weighted by Crippen LogP contribution is 2.19. The van der Waals surface area contributed by atoms with Gasteiger partial charge >= 0.3 is 0 Å². The van der Waals surface area contributed by atoms with Crippen LogP contribution >= 0.6 is 0 Å². The van der Waals surface area contributed by atoms with Gasteiger partial charge in [0.05, 0.1) is 25.5 Å². The van der Waals surface area contributed by atoms with Crippen molar-refractivity contribution < 1.29 is 18.3 Å². The molecule has 1 atom stereocenters. The molecule has 1 aliphatic heterocycles. The van der Waals surface area contributed by atoms with Crippen LogP contribution in [0.25, 0.3) is 11.5 Å². The molecule has 0 aliphatic carbocycles. The van der Waals surface area contributed by atoms with Gasteiger partial charge in [-0.1, -0.05) is 0 Å². The van der Waals surface area contributed by atoms with Gasteiger partial charge in [0.2, 0.25) is 5.89 Å². The van der Waals surface area contributed by atoms with Crippen molar-refractivity contribution >= 4 is 5.96 Å². The number of likely N-dealkylation sites (tertiary alicyclic amines) is 1. The maximum atomic E-state index is 13.0. The molecule has 0 bridgehead atoms. The number of benzene rings is 1. The summed E-state index contributed by atoms with van der Waals surface area (Å²) in [5.41, 5.74) is 1.61. The van der Waals surface area contributed by atoms with E-state index in [0.717, 1.165) is 43.3 Å². The number of methoxy groups -OCH3 is 1. The number of hydrogen-bond donors (Lipinski definition) is 1. The number of oxazole rings is 1. The van der Waals surface area contributed by atoms with Gasteiger partial charge < -0.3 is 24.1 Å². The van der Waals surface area contributed by atoms with Crippen molar-refractivity contribution in [3.8, 4) is 11.5 Å². The molecule has 7 nitrogen and oxygen atoms in total. The summed E-state index contributed by atoms with van der Waals surface area (Å²) in [7, 11) is 3.48. The Labute approximate surface area is 170 Å². The Balaban J connectivity index is 1.42. The van der Waals surface area contributed by atoms with Gasteiger partial charge in [-0.05, 0) is 30.7 Å². The highest BCUT2D eigenvalue weighted by molar-refractivity contribution is 5.80. The number of nitrogens with zero attached hydrogens (tertiary/aromatic N) is 3. The second-order valence-corrected chi connectivity index (χ2v) is 7.04. The molecule has 1 saturated heterocycles. The summed E-state index contributed by atoms with van der Waals surface area (Å²) >= 11 is 0. The number of rotatable bonds is 9. The van der Waals surface area contributed by atoms with Gasteiger partial charge in [-0.2, -0.15) is 0 Å². The van der Waals surface area contributed by atoms with Gasteiger partial charge in [0, 0.05) is 51.7 Å². The second kappa shape index (κ2) is 10.9. The first-order chi connectivity index (χ1) is 14.2. The Morgan fingerprint density at radius 1 is 1.34 bits per heavy atom. The normalized spacial score (nSPS) is 17.1. The standard InChI is InChI=1S/C21H29FN4O3/c1-23-21(26-10-8-16(13-26)14-28-12-11-27-2)24-9-7-19-15-29-20(25-19)17-3-5-18(22)6-4-17/h3-6,15-16H,7-14H2,1-2H3,(H,23,24). The molecule has 0 saturated carbocycles. The van der Waals surface area contributed by atoms with E-state index in [1.807, 2.05) is 0 Å². The average Bonchev–Trinajstić information content (AvgIpc) is 3.39. The Morgan fingerprint density at radius 3 is 2.93 bits per heavy atom. The highest BCUT2D eigenvalue weighted by atomic mass is 19.1. The molecule has 1 unspecified atom stereocenters. The molecule has 3 rings (SSSR count). The molecule has 1 aromatic carbocycles. The molecule has 0 amide bonds. The van der Waals surface area contributed by atoms with E-state index in [4.69, 9.17) is 13.9 Å². The molecule has 0 spiro atoms. The van der Waals surface area contributed by atoms with Crippen molar-refractivity contribution in [3.63, 3.8) is 0 Å². The molecule has 0 radical (unpaired) electrons. The van der Waals surface area contributed by atoms with Crippen molar-refractivity contribution in [2.45, 2.75) is 12.8 Å². The van der Waals surface area contributed by atoms with Crippen LogP contribution in [-0.4, -0.2) is 69.5 Å². The van der Waals surface area contributed by atoms with Crippen LogP contribution in [0.4, 0.5) is 4.39 Å². The summed E-state index contributed by atoms with van der Waals surface area (Å²) in [6, 6.07) is 6.12.